The van der Waals surface area contributed by atoms with Crippen molar-refractivity contribution in [3.05, 3.63) is 101 Å². The number of carbonyl (C=O) groups is 2. The molecule has 0 spiro atoms. The molecule has 0 saturated carbocycles. The van der Waals surface area contributed by atoms with Gasteiger partial charge in [-0.1, -0.05) is 26.0 Å². The molecule has 0 bridgehead atoms. The SMILES string of the molecule is Cc1cc(F)cc(C)c1Oc1ccc(NS(C)(=O)=O)cc1C1=CN(C)C(=O)C2NC(C(=O)Nc3ccc(C(C)C)cc3)=CC12. The van der Waals surface area contributed by atoms with E-state index in [0.717, 1.165) is 11.8 Å². The molecule has 0 radical (unpaired) electrons. The normalized spacial score (nSPS) is 17.9. The van der Waals surface area contributed by atoms with Crippen molar-refractivity contribution < 1.29 is 27.1 Å². The summed E-state index contributed by atoms with van der Waals surface area (Å²) in [6.07, 6.45) is 4.41. The van der Waals surface area contributed by atoms with Crippen molar-refractivity contribution in [3.63, 3.8) is 0 Å². The van der Waals surface area contributed by atoms with E-state index in [2.05, 4.69) is 29.2 Å². The first-order valence-electron chi connectivity index (χ1n) is 14.1. The number of ether oxygens (including phenoxy) is 1. The number of aryl methyl sites for hydroxylation is 2. The number of sulfonamides is 1. The average Bonchev–Trinajstić information content (AvgIpc) is 3.39. The number of hydrogen-bond donors (Lipinski definition) is 3. The van der Waals surface area contributed by atoms with Gasteiger partial charge >= 0.3 is 0 Å². The van der Waals surface area contributed by atoms with Crippen LogP contribution in [0.2, 0.25) is 0 Å². The molecule has 0 aliphatic carbocycles. The molecular formula is C33H35FN4O5S. The van der Waals surface area contributed by atoms with Gasteiger partial charge in [-0.3, -0.25) is 14.3 Å². The molecule has 2 heterocycles. The quantitative estimate of drug-likeness (QED) is 0.300. The van der Waals surface area contributed by atoms with Crippen LogP contribution < -0.4 is 20.1 Å². The van der Waals surface area contributed by atoms with Crippen LogP contribution in [0.1, 0.15) is 42.0 Å². The molecule has 9 nitrogen and oxygen atoms in total. The van der Waals surface area contributed by atoms with Crippen molar-refractivity contribution in [2.75, 3.05) is 23.3 Å². The van der Waals surface area contributed by atoms with Crippen molar-refractivity contribution in [3.8, 4) is 11.5 Å². The first-order chi connectivity index (χ1) is 20.7. The Morgan fingerprint density at radius 2 is 1.66 bits per heavy atom. The second-order valence-electron chi connectivity index (χ2n) is 11.5. The van der Waals surface area contributed by atoms with E-state index >= 15 is 0 Å². The maximum atomic E-state index is 14.0. The Bertz CT molecular complexity index is 1790. The fourth-order valence-electron chi connectivity index (χ4n) is 5.47. The third-order valence-corrected chi connectivity index (χ3v) is 8.24. The molecule has 0 aromatic heterocycles. The lowest BCUT2D eigenvalue weighted by Gasteiger charge is -2.32. The monoisotopic (exact) mass is 618 g/mol. The van der Waals surface area contributed by atoms with Crippen molar-refractivity contribution >= 4 is 38.8 Å². The van der Waals surface area contributed by atoms with E-state index in [4.69, 9.17) is 4.74 Å². The van der Waals surface area contributed by atoms with Crippen LogP contribution in [-0.2, 0) is 19.6 Å². The Morgan fingerprint density at radius 3 is 2.27 bits per heavy atom. The molecule has 2 atom stereocenters. The zero-order chi connectivity index (χ0) is 31.9. The van der Waals surface area contributed by atoms with E-state index in [1.165, 1.54) is 17.0 Å². The van der Waals surface area contributed by atoms with Crippen molar-refractivity contribution in [1.29, 1.82) is 0 Å². The third kappa shape index (κ3) is 6.47. The lowest BCUT2D eigenvalue weighted by atomic mass is 9.85. The molecule has 11 heteroatoms. The lowest BCUT2D eigenvalue weighted by molar-refractivity contribution is -0.130. The molecule has 0 fully saturated rings. The Balaban J connectivity index is 1.54. The maximum Gasteiger partial charge on any atom is 0.271 e. The number of nitrogens with zero attached hydrogens (tertiary/aromatic N) is 1. The standard InChI is InChI=1S/C33H35FN4O5S/c1-18(2)21-7-9-23(10-8-21)35-32(39)28-16-26-27(17-38(5)33(40)30(26)36-28)25-15-24(37-44(6,41)42)11-12-29(25)43-31-19(3)13-22(34)14-20(31)4/h7-18,26,30,36-37H,1-6H3,(H,35,39). The van der Waals surface area contributed by atoms with Gasteiger partial charge in [0.15, 0.2) is 0 Å². The molecule has 2 amide bonds. The lowest BCUT2D eigenvalue weighted by Crippen LogP contribution is -2.47. The van der Waals surface area contributed by atoms with Crippen LogP contribution in [0.15, 0.2) is 72.6 Å². The van der Waals surface area contributed by atoms with Gasteiger partial charge < -0.3 is 20.3 Å². The summed E-state index contributed by atoms with van der Waals surface area (Å²) < 4.78 is 47.0. The van der Waals surface area contributed by atoms with Gasteiger partial charge in [0.25, 0.3) is 5.91 Å². The van der Waals surface area contributed by atoms with E-state index in [1.54, 1.807) is 51.4 Å². The molecule has 230 valence electrons. The van der Waals surface area contributed by atoms with Crippen LogP contribution in [0.3, 0.4) is 0 Å². The number of hydrogen-bond acceptors (Lipinski definition) is 6. The number of benzene rings is 3. The molecule has 0 saturated heterocycles. The number of likely N-dealkylation sites (N-methyl/N-ethyl adjacent to an activating group) is 1. The third-order valence-electron chi connectivity index (χ3n) is 7.63. The minimum atomic E-state index is -3.60. The zero-order valence-electron chi connectivity index (χ0n) is 25.4. The first kappa shape index (κ1) is 30.8. The Labute approximate surface area is 256 Å². The highest BCUT2D eigenvalue weighted by molar-refractivity contribution is 7.92. The Kier molecular flexibility index (Phi) is 8.26. The summed E-state index contributed by atoms with van der Waals surface area (Å²) in [6, 6.07) is 14.4. The molecule has 3 aromatic carbocycles. The molecule has 2 aliphatic heterocycles. The molecule has 3 aromatic rings. The summed E-state index contributed by atoms with van der Waals surface area (Å²) in [4.78, 5) is 28.0. The van der Waals surface area contributed by atoms with Gasteiger partial charge in [0.1, 0.15) is 23.4 Å². The Morgan fingerprint density at radius 1 is 1.02 bits per heavy atom. The van der Waals surface area contributed by atoms with E-state index < -0.39 is 27.9 Å². The largest absolute Gasteiger partial charge is 0.456 e. The van der Waals surface area contributed by atoms with Crippen molar-refractivity contribution in [1.82, 2.24) is 10.2 Å². The average molecular weight is 619 g/mol. The molecule has 2 aliphatic rings. The fraction of sp³-hybridized carbons (Fsp3) is 0.273. The highest BCUT2D eigenvalue weighted by Gasteiger charge is 2.42. The summed E-state index contributed by atoms with van der Waals surface area (Å²) in [6.45, 7) is 7.65. The first-order valence-corrected chi connectivity index (χ1v) is 16.0. The van der Waals surface area contributed by atoms with Crippen LogP contribution in [-0.4, -0.2) is 44.5 Å². The highest BCUT2D eigenvalue weighted by Crippen LogP contribution is 2.43. The molecule has 2 unspecified atom stereocenters. The summed E-state index contributed by atoms with van der Waals surface area (Å²) in [7, 11) is -1.99. The molecule has 3 N–H and O–H groups in total. The second kappa shape index (κ2) is 11.8. The van der Waals surface area contributed by atoms with Crippen LogP contribution in [0.25, 0.3) is 5.57 Å². The van der Waals surface area contributed by atoms with Crippen LogP contribution in [0, 0.1) is 25.6 Å². The number of fused-ring (bicyclic) bond motifs is 1. The zero-order valence-corrected chi connectivity index (χ0v) is 26.2. The Hall–Kier alpha value is -4.64. The van der Waals surface area contributed by atoms with Crippen molar-refractivity contribution in [2.24, 2.45) is 5.92 Å². The van der Waals surface area contributed by atoms with Crippen molar-refractivity contribution in [2.45, 2.75) is 39.7 Å². The predicted octanol–water partition coefficient (Wildman–Crippen LogP) is 5.65. The second-order valence-corrected chi connectivity index (χ2v) is 13.3. The number of carbonyl (C=O) groups excluding carboxylic acids is 2. The van der Waals surface area contributed by atoms with Crippen LogP contribution >= 0.6 is 0 Å². The number of rotatable bonds is 8. The molecule has 44 heavy (non-hydrogen) atoms. The van der Waals surface area contributed by atoms with Gasteiger partial charge in [-0.15, -0.1) is 0 Å². The van der Waals surface area contributed by atoms with E-state index in [1.807, 2.05) is 24.3 Å². The number of nitrogens with one attached hydrogen (secondary N) is 3. The van der Waals surface area contributed by atoms with E-state index in [9.17, 15) is 22.4 Å². The van der Waals surface area contributed by atoms with E-state index in [0.29, 0.717) is 45.4 Å². The van der Waals surface area contributed by atoms with Gasteiger partial charge in [-0.05, 0) is 90.6 Å². The molecular weight excluding hydrogens is 583 g/mol. The fourth-order valence-corrected chi connectivity index (χ4v) is 6.03. The smallest absolute Gasteiger partial charge is 0.271 e. The van der Waals surface area contributed by atoms with Crippen LogP contribution in [0.4, 0.5) is 15.8 Å². The number of halogens is 1. The molecule has 5 rings (SSSR count). The summed E-state index contributed by atoms with van der Waals surface area (Å²) >= 11 is 0. The topological polar surface area (TPSA) is 117 Å². The minimum absolute atomic E-state index is 0.237. The summed E-state index contributed by atoms with van der Waals surface area (Å²) in [5.74, 6) is -0.420. The van der Waals surface area contributed by atoms with E-state index in [-0.39, 0.29) is 23.1 Å². The maximum absolute atomic E-state index is 14.0. The summed E-state index contributed by atoms with van der Waals surface area (Å²) in [5.41, 5.74) is 4.58. The number of anilines is 2. The van der Waals surface area contributed by atoms with Gasteiger partial charge in [0.05, 0.1) is 12.0 Å². The van der Waals surface area contributed by atoms with Gasteiger partial charge in [-0.25, -0.2) is 12.8 Å². The highest BCUT2D eigenvalue weighted by atomic mass is 32.2. The minimum Gasteiger partial charge on any atom is -0.456 e. The summed E-state index contributed by atoms with van der Waals surface area (Å²) in [5, 5.41) is 5.98. The van der Waals surface area contributed by atoms with Gasteiger partial charge in [0.2, 0.25) is 15.9 Å². The number of amides is 2. The van der Waals surface area contributed by atoms with Gasteiger partial charge in [-0.2, -0.15) is 0 Å². The van der Waals surface area contributed by atoms with Crippen LogP contribution in [0.5, 0.6) is 11.5 Å². The predicted molar refractivity (Wildman–Crippen MR) is 169 cm³/mol. The van der Waals surface area contributed by atoms with Gasteiger partial charge in [0, 0.05) is 36.1 Å².